The van der Waals surface area contributed by atoms with Crippen molar-refractivity contribution < 1.29 is 4.74 Å². The Morgan fingerprint density at radius 1 is 1.80 bits per heavy atom. The van der Waals surface area contributed by atoms with Crippen LogP contribution in [0.2, 0.25) is 4.34 Å². The summed E-state index contributed by atoms with van der Waals surface area (Å²) in [6, 6.07) is 0. The molecule has 0 spiro atoms. The fourth-order valence-corrected chi connectivity index (χ4v) is 1.53. The summed E-state index contributed by atoms with van der Waals surface area (Å²) >= 11 is 7.16. The van der Waals surface area contributed by atoms with Crippen LogP contribution in [0.1, 0.15) is 5.01 Å². The highest BCUT2D eigenvalue weighted by molar-refractivity contribution is 7.15. The number of rotatable bonds is 3. The minimum atomic E-state index is 0.712. The Morgan fingerprint density at radius 3 is 3.10 bits per heavy atom. The number of halogens is 1. The summed E-state index contributed by atoms with van der Waals surface area (Å²) in [4.78, 5) is 4.06. The highest BCUT2D eigenvalue weighted by atomic mass is 35.5. The van der Waals surface area contributed by atoms with Crippen molar-refractivity contribution in [3.8, 4) is 0 Å². The molecule has 0 aliphatic heterocycles. The maximum Gasteiger partial charge on any atom is 0.113 e. The molecule has 0 aromatic carbocycles. The number of nitrogens with zero attached hydrogens (tertiary/aromatic N) is 1. The van der Waals surface area contributed by atoms with Crippen LogP contribution in [0.15, 0.2) is 6.20 Å². The Hall–Kier alpha value is -0.120. The molecule has 0 N–H and O–H groups in total. The van der Waals surface area contributed by atoms with Crippen LogP contribution < -0.4 is 0 Å². The lowest BCUT2D eigenvalue weighted by atomic mass is 10.5. The SMILES string of the molecule is COCCc1ncc(Cl)s1. The largest absolute Gasteiger partial charge is 0.384 e. The molecule has 0 aliphatic rings. The molecule has 0 radical (unpaired) electrons. The van der Waals surface area contributed by atoms with Gasteiger partial charge in [-0.25, -0.2) is 4.98 Å². The zero-order valence-corrected chi connectivity index (χ0v) is 7.21. The summed E-state index contributed by atoms with van der Waals surface area (Å²) in [7, 11) is 1.68. The predicted octanol–water partition coefficient (Wildman–Crippen LogP) is 1.99. The predicted molar refractivity (Wildman–Crippen MR) is 42.7 cm³/mol. The molecule has 0 saturated heterocycles. The van der Waals surface area contributed by atoms with Crippen LogP contribution in [0, 0.1) is 0 Å². The average Bonchev–Trinajstić information content (AvgIpc) is 2.31. The minimum absolute atomic E-state index is 0.712. The third-order valence-corrected chi connectivity index (χ3v) is 2.22. The first-order chi connectivity index (χ1) is 4.83. The first kappa shape index (κ1) is 7.98. The van der Waals surface area contributed by atoms with E-state index >= 15 is 0 Å². The molecule has 1 aromatic heterocycles. The van der Waals surface area contributed by atoms with Crippen molar-refractivity contribution in [2.24, 2.45) is 0 Å². The van der Waals surface area contributed by atoms with Crippen LogP contribution in [0.3, 0.4) is 0 Å². The maximum atomic E-state index is 5.65. The lowest BCUT2D eigenvalue weighted by molar-refractivity contribution is 0.202. The van der Waals surface area contributed by atoms with Gasteiger partial charge in [0, 0.05) is 13.5 Å². The molecule has 0 atom stereocenters. The molecule has 10 heavy (non-hydrogen) atoms. The molecule has 0 unspecified atom stereocenters. The summed E-state index contributed by atoms with van der Waals surface area (Å²) in [6.45, 7) is 0.712. The summed E-state index contributed by atoms with van der Waals surface area (Å²) in [6.07, 6.45) is 2.52. The molecule has 56 valence electrons. The van der Waals surface area contributed by atoms with Gasteiger partial charge in [-0.05, 0) is 0 Å². The molecule has 2 nitrogen and oxygen atoms in total. The number of ether oxygens (including phenoxy) is 1. The van der Waals surface area contributed by atoms with E-state index in [-0.39, 0.29) is 0 Å². The first-order valence-electron chi connectivity index (χ1n) is 2.92. The van der Waals surface area contributed by atoms with Gasteiger partial charge in [0.15, 0.2) is 0 Å². The highest BCUT2D eigenvalue weighted by Crippen LogP contribution is 2.18. The molecule has 1 rings (SSSR count). The quantitative estimate of drug-likeness (QED) is 0.705. The zero-order chi connectivity index (χ0) is 7.40. The van der Waals surface area contributed by atoms with Gasteiger partial charge in [-0.15, -0.1) is 11.3 Å². The molecule has 0 aliphatic carbocycles. The van der Waals surface area contributed by atoms with Crippen molar-refractivity contribution in [1.82, 2.24) is 4.98 Å². The molecular weight excluding hydrogens is 170 g/mol. The van der Waals surface area contributed by atoms with Crippen LogP contribution in [0.4, 0.5) is 0 Å². The van der Waals surface area contributed by atoms with E-state index in [1.165, 1.54) is 11.3 Å². The van der Waals surface area contributed by atoms with E-state index in [2.05, 4.69) is 4.98 Å². The highest BCUT2D eigenvalue weighted by Gasteiger charge is 1.97. The van der Waals surface area contributed by atoms with Crippen molar-refractivity contribution in [3.05, 3.63) is 15.5 Å². The van der Waals surface area contributed by atoms with E-state index in [1.807, 2.05) is 0 Å². The Kier molecular flexibility index (Phi) is 3.12. The van der Waals surface area contributed by atoms with Gasteiger partial charge in [-0.1, -0.05) is 11.6 Å². The topological polar surface area (TPSA) is 22.1 Å². The molecule has 0 bridgehead atoms. The first-order valence-corrected chi connectivity index (χ1v) is 4.11. The number of methoxy groups -OCH3 is 1. The molecule has 1 aromatic rings. The maximum absolute atomic E-state index is 5.65. The fourth-order valence-electron chi connectivity index (χ4n) is 0.593. The van der Waals surface area contributed by atoms with Crippen molar-refractivity contribution >= 4 is 22.9 Å². The van der Waals surface area contributed by atoms with Crippen molar-refractivity contribution in [2.45, 2.75) is 6.42 Å². The summed E-state index contributed by atoms with van der Waals surface area (Å²) < 4.78 is 5.62. The Morgan fingerprint density at radius 2 is 2.60 bits per heavy atom. The summed E-state index contributed by atoms with van der Waals surface area (Å²) in [5.41, 5.74) is 0. The van der Waals surface area contributed by atoms with Gasteiger partial charge in [0.05, 0.1) is 17.8 Å². The van der Waals surface area contributed by atoms with Gasteiger partial charge in [0.25, 0.3) is 0 Å². The molecular formula is C6H8ClNOS. The van der Waals surface area contributed by atoms with Crippen molar-refractivity contribution in [1.29, 1.82) is 0 Å². The second-order valence-corrected chi connectivity index (χ2v) is 3.55. The van der Waals surface area contributed by atoms with Crippen LogP contribution >= 0.6 is 22.9 Å². The molecule has 0 saturated carbocycles. The van der Waals surface area contributed by atoms with E-state index < -0.39 is 0 Å². The lowest BCUT2D eigenvalue weighted by Gasteiger charge is -1.91. The second-order valence-electron chi connectivity index (χ2n) is 1.80. The van der Waals surface area contributed by atoms with Crippen LogP contribution in [-0.2, 0) is 11.2 Å². The second kappa shape index (κ2) is 3.91. The molecule has 4 heteroatoms. The Balaban J connectivity index is 2.42. The summed E-state index contributed by atoms with van der Waals surface area (Å²) in [5.74, 6) is 0. The van der Waals surface area contributed by atoms with Crippen molar-refractivity contribution in [3.63, 3.8) is 0 Å². The van der Waals surface area contributed by atoms with Gasteiger partial charge >= 0.3 is 0 Å². The van der Waals surface area contributed by atoms with Gasteiger partial charge in [0.2, 0.25) is 0 Å². The van der Waals surface area contributed by atoms with E-state index in [4.69, 9.17) is 16.3 Å². The van der Waals surface area contributed by atoms with Gasteiger partial charge < -0.3 is 4.74 Å². The zero-order valence-electron chi connectivity index (χ0n) is 5.63. The summed E-state index contributed by atoms with van der Waals surface area (Å²) in [5, 5.41) is 1.03. The lowest BCUT2D eigenvalue weighted by Crippen LogP contribution is -1.92. The van der Waals surface area contributed by atoms with Gasteiger partial charge in [0.1, 0.15) is 4.34 Å². The standard InChI is InChI=1S/C6H8ClNOS/c1-9-3-2-6-8-4-5(7)10-6/h4H,2-3H2,1H3. The van der Waals surface area contributed by atoms with Crippen LogP contribution in [0.25, 0.3) is 0 Å². The molecule has 0 fully saturated rings. The number of hydrogen-bond acceptors (Lipinski definition) is 3. The van der Waals surface area contributed by atoms with Gasteiger partial charge in [-0.3, -0.25) is 0 Å². The number of thiazole rings is 1. The monoisotopic (exact) mass is 177 g/mol. The fraction of sp³-hybridized carbons (Fsp3) is 0.500. The normalized spacial score (nSPS) is 10.2. The van der Waals surface area contributed by atoms with Crippen LogP contribution in [-0.4, -0.2) is 18.7 Å². The van der Waals surface area contributed by atoms with E-state index in [0.717, 1.165) is 15.8 Å². The third-order valence-electron chi connectivity index (χ3n) is 1.05. The number of hydrogen-bond donors (Lipinski definition) is 0. The smallest absolute Gasteiger partial charge is 0.113 e. The van der Waals surface area contributed by atoms with E-state index in [9.17, 15) is 0 Å². The molecule has 0 amide bonds. The Labute approximate surface area is 68.8 Å². The minimum Gasteiger partial charge on any atom is -0.384 e. The van der Waals surface area contributed by atoms with E-state index in [0.29, 0.717) is 6.61 Å². The number of aromatic nitrogens is 1. The molecule has 1 heterocycles. The van der Waals surface area contributed by atoms with E-state index in [1.54, 1.807) is 13.3 Å². The van der Waals surface area contributed by atoms with Gasteiger partial charge in [-0.2, -0.15) is 0 Å². The van der Waals surface area contributed by atoms with Crippen LogP contribution in [0.5, 0.6) is 0 Å². The Bertz CT molecular complexity index is 201. The average molecular weight is 178 g/mol. The third kappa shape index (κ3) is 2.25. The van der Waals surface area contributed by atoms with Crippen molar-refractivity contribution in [2.75, 3.05) is 13.7 Å².